The molecule has 1 nitrogen and oxygen atoms in total. The predicted octanol–water partition coefficient (Wildman–Crippen LogP) is 1.51. The molecule has 0 aliphatic carbocycles. The zero-order valence-electron chi connectivity index (χ0n) is 5.90. The Morgan fingerprint density at radius 2 is 2.12 bits per heavy atom. The van der Waals surface area contributed by atoms with E-state index < -0.39 is 0 Å². The molecule has 0 rings (SSSR count). The van der Waals surface area contributed by atoms with Crippen LogP contribution in [0, 0.1) is 0 Å². The summed E-state index contributed by atoms with van der Waals surface area (Å²) in [7, 11) is 0. The van der Waals surface area contributed by atoms with Gasteiger partial charge in [-0.3, -0.25) is 0 Å². The second kappa shape index (κ2) is 5.89. The monoisotopic (exact) mass is 222 g/mol. The van der Waals surface area contributed by atoms with Gasteiger partial charge in [0.05, 0.1) is 0 Å². The molecule has 2 heteroatoms. The van der Waals surface area contributed by atoms with Crippen molar-refractivity contribution in [3.05, 3.63) is 0 Å². The molecule has 0 bridgehead atoms. The molecule has 0 heterocycles. The summed E-state index contributed by atoms with van der Waals surface area (Å²) in [6, 6.07) is 0. The fourth-order valence-corrected chi connectivity index (χ4v) is 2.20. The molecule has 0 aromatic carbocycles. The van der Waals surface area contributed by atoms with Gasteiger partial charge in [-0.05, 0) is 0 Å². The Hall–Kier alpha value is 0.759. The van der Waals surface area contributed by atoms with Gasteiger partial charge in [0.2, 0.25) is 0 Å². The minimum absolute atomic E-state index is 0.0754. The van der Waals surface area contributed by atoms with Crippen molar-refractivity contribution in [2.24, 2.45) is 0 Å². The number of ether oxygens (including phenoxy) is 1. The van der Waals surface area contributed by atoms with Crippen LogP contribution in [-0.4, -0.2) is 31.9 Å². The van der Waals surface area contributed by atoms with Gasteiger partial charge < -0.3 is 0 Å². The second-order valence-electron chi connectivity index (χ2n) is 1.96. The Morgan fingerprint density at radius 1 is 1.50 bits per heavy atom. The van der Waals surface area contributed by atoms with Crippen molar-refractivity contribution in [1.82, 2.24) is 0 Å². The molecule has 0 aliphatic rings. The van der Waals surface area contributed by atoms with E-state index in [1.165, 1.54) is 4.44 Å². The van der Waals surface area contributed by atoms with Gasteiger partial charge in [0.15, 0.2) is 0 Å². The van der Waals surface area contributed by atoms with Gasteiger partial charge in [-0.15, -0.1) is 0 Å². The molecule has 0 saturated carbocycles. The standard InChI is InChI=1S/C4H9O.C2H5.Sn/c1-4(2)5-3;1-2;/h4H,3H2,1-2H3;1H2,2H3;. The summed E-state index contributed by atoms with van der Waals surface area (Å²) >= 11 is -0.0754. The second-order valence-corrected chi connectivity index (χ2v) is 6.23. The average Bonchev–Trinajstić information content (AvgIpc) is 1.66. The Kier molecular flexibility index (Phi) is 6.45. The molecule has 0 atom stereocenters. The number of rotatable bonds is 4. The van der Waals surface area contributed by atoms with Crippen LogP contribution in [-0.2, 0) is 4.74 Å². The summed E-state index contributed by atoms with van der Waals surface area (Å²) in [5.41, 5.74) is 0. The van der Waals surface area contributed by atoms with Crippen molar-refractivity contribution < 1.29 is 4.74 Å². The molecule has 0 spiro atoms. The Balaban J connectivity index is 2.72. The molecule has 8 heavy (non-hydrogen) atoms. The Bertz CT molecular complexity index is 45.8. The molecule has 0 amide bonds. The van der Waals surface area contributed by atoms with E-state index in [9.17, 15) is 0 Å². The van der Waals surface area contributed by atoms with Gasteiger partial charge in [-0.25, -0.2) is 0 Å². The summed E-state index contributed by atoms with van der Waals surface area (Å²) in [4.78, 5) is 0. The Labute approximate surface area is 62.0 Å². The van der Waals surface area contributed by atoms with Crippen molar-refractivity contribution in [2.45, 2.75) is 31.3 Å². The van der Waals surface area contributed by atoms with E-state index in [1.807, 2.05) is 0 Å². The third-order valence-electron chi connectivity index (χ3n) is 0.769. The molecular formula is C6H14OSn. The van der Waals surface area contributed by atoms with E-state index in [1.54, 1.807) is 0 Å². The first-order valence-corrected chi connectivity index (χ1v) is 7.13. The maximum atomic E-state index is 5.36. The number of hydrogen-bond donors (Lipinski definition) is 0. The topological polar surface area (TPSA) is 9.23 Å². The number of hydrogen-bond acceptors (Lipinski definition) is 1. The zero-order chi connectivity index (χ0) is 6.41. The first-order valence-electron chi connectivity index (χ1n) is 3.09. The van der Waals surface area contributed by atoms with Gasteiger partial charge in [0, 0.05) is 0 Å². The normalized spacial score (nSPS) is 10.5. The summed E-state index contributed by atoms with van der Waals surface area (Å²) in [6.07, 6.45) is 0.447. The average molecular weight is 221 g/mol. The molecule has 0 aliphatic heterocycles. The van der Waals surface area contributed by atoms with Crippen molar-refractivity contribution in [1.29, 1.82) is 0 Å². The van der Waals surface area contributed by atoms with E-state index in [4.69, 9.17) is 4.74 Å². The third-order valence-corrected chi connectivity index (χ3v) is 3.25. The van der Waals surface area contributed by atoms with Crippen molar-refractivity contribution in [3.8, 4) is 0 Å². The maximum absolute atomic E-state index is 5.36. The van der Waals surface area contributed by atoms with Crippen molar-refractivity contribution in [3.63, 3.8) is 0 Å². The van der Waals surface area contributed by atoms with Crippen molar-refractivity contribution >= 4 is 21.1 Å². The van der Waals surface area contributed by atoms with Crippen LogP contribution >= 0.6 is 0 Å². The van der Waals surface area contributed by atoms with Crippen LogP contribution < -0.4 is 0 Å². The minimum atomic E-state index is -0.0754. The van der Waals surface area contributed by atoms with Crippen molar-refractivity contribution in [2.75, 3.05) is 4.62 Å². The van der Waals surface area contributed by atoms with Crippen LogP contribution in [0.4, 0.5) is 0 Å². The van der Waals surface area contributed by atoms with Crippen LogP contribution in [0.25, 0.3) is 0 Å². The first-order chi connectivity index (χ1) is 3.77. The van der Waals surface area contributed by atoms with Gasteiger partial charge in [-0.2, -0.15) is 0 Å². The molecule has 0 unspecified atom stereocenters. The summed E-state index contributed by atoms with van der Waals surface area (Å²) in [6.45, 7) is 6.43. The van der Waals surface area contributed by atoms with Crippen LogP contribution in [0.5, 0.6) is 0 Å². The Morgan fingerprint density at radius 3 is 2.50 bits per heavy atom. The molecule has 0 N–H and O–H groups in total. The summed E-state index contributed by atoms with van der Waals surface area (Å²) in [5.74, 6) is 0. The first kappa shape index (κ1) is 8.76. The van der Waals surface area contributed by atoms with E-state index in [2.05, 4.69) is 20.8 Å². The molecule has 0 fully saturated rings. The molecule has 48 valence electrons. The fourth-order valence-electron chi connectivity index (χ4n) is 0.328. The van der Waals surface area contributed by atoms with E-state index >= 15 is 0 Å². The molecular weight excluding hydrogens is 207 g/mol. The van der Waals surface area contributed by atoms with E-state index in [-0.39, 0.29) is 21.1 Å². The predicted molar refractivity (Wildman–Crippen MR) is 37.3 cm³/mol. The summed E-state index contributed by atoms with van der Waals surface area (Å²) in [5, 5.41) is 0. The summed E-state index contributed by atoms with van der Waals surface area (Å²) < 4.78 is 7.85. The van der Waals surface area contributed by atoms with E-state index in [0.717, 1.165) is 4.62 Å². The van der Waals surface area contributed by atoms with E-state index in [0.29, 0.717) is 6.10 Å². The quantitative estimate of drug-likeness (QED) is 0.516. The third kappa shape index (κ3) is 6.76. The van der Waals surface area contributed by atoms with Gasteiger partial charge in [0.1, 0.15) is 0 Å². The molecule has 0 aromatic rings. The molecule has 0 saturated heterocycles. The fraction of sp³-hybridized carbons (Fsp3) is 1.00. The van der Waals surface area contributed by atoms with Crippen LogP contribution in [0.2, 0.25) is 4.44 Å². The molecule has 0 aromatic heterocycles. The van der Waals surface area contributed by atoms with Gasteiger partial charge >= 0.3 is 61.8 Å². The van der Waals surface area contributed by atoms with Gasteiger partial charge in [0.25, 0.3) is 0 Å². The molecule has 2 radical (unpaired) electrons. The van der Waals surface area contributed by atoms with Gasteiger partial charge in [-0.1, -0.05) is 0 Å². The van der Waals surface area contributed by atoms with Crippen LogP contribution in [0.15, 0.2) is 0 Å². The zero-order valence-corrected chi connectivity index (χ0v) is 8.75. The van der Waals surface area contributed by atoms with Crippen LogP contribution in [0.1, 0.15) is 20.8 Å². The van der Waals surface area contributed by atoms with Crippen LogP contribution in [0.3, 0.4) is 0 Å². The SMILES string of the molecule is C[CH2][Sn][CH2]OC(C)C.